The van der Waals surface area contributed by atoms with Crippen molar-refractivity contribution in [2.45, 2.75) is 19.9 Å². The summed E-state index contributed by atoms with van der Waals surface area (Å²) in [6, 6.07) is 11.3. The Morgan fingerprint density at radius 1 is 1.11 bits per heavy atom. The van der Waals surface area contributed by atoms with Gasteiger partial charge in [0.05, 0.1) is 28.5 Å². The SMILES string of the molecule is Cc1nnc(-c2c(-c3ccccn3)c(C(C)Nc3ncnc(N)c3C#N)nc3ccc(F)cc23)o1. The number of pyridine rings is 2. The van der Waals surface area contributed by atoms with Crippen LogP contribution in [0.3, 0.4) is 0 Å². The molecule has 172 valence electrons. The second-order valence-corrected chi connectivity index (χ2v) is 7.71. The molecule has 5 aromatic rings. The minimum atomic E-state index is -0.495. The molecule has 3 N–H and O–H groups in total. The second kappa shape index (κ2) is 8.75. The molecule has 1 aromatic carbocycles. The van der Waals surface area contributed by atoms with Gasteiger partial charge in [0.15, 0.2) is 0 Å². The third-order valence-corrected chi connectivity index (χ3v) is 5.39. The van der Waals surface area contributed by atoms with Crippen molar-refractivity contribution in [1.29, 1.82) is 5.26 Å². The minimum Gasteiger partial charge on any atom is -0.421 e. The lowest BCUT2D eigenvalue weighted by atomic mass is 9.94. The lowest BCUT2D eigenvalue weighted by Gasteiger charge is -2.21. The fourth-order valence-corrected chi connectivity index (χ4v) is 3.85. The number of anilines is 2. The first-order valence-electron chi connectivity index (χ1n) is 10.6. The molecular weight excluding hydrogens is 449 g/mol. The Morgan fingerprint density at radius 2 is 1.97 bits per heavy atom. The van der Waals surface area contributed by atoms with Gasteiger partial charge in [0.25, 0.3) is 0 Å². The summed E-state index contributed by atoms with van der Waals surface area (Å²) < 4.78 is 20.1. The molecule has 0 saturated carbocycles. The molecule has 0 bridgehead atoms. The first-order valence-corrected chi connectivity index (χ1v) is 10.6. The number of nitriles is 1. The highest BCUT2D eigenvalue weighted by Crippen LogP contribution is 2.41. The third kappa shape index (κ3) is 3.97. The van der Waals surface area contributed by atoms with Gasteiger partial charge in [-0.1, -0.05) is 6.07 Å². The highest BCUT2D eigenvalue weighted by molar-refractivity contribution is 6.01. The number of hydrogen-bond acceptors (Lipinski definition) is 10. The smallest absolute Gasteiger partial charge is 0.249 e. The molecule has 0 aliphatic heterocycles. The van der Waals surface area contributed by atoms with Crippen LogP contribution in [0.4, 0.5) is 16.0 Å². The zero-order chi connectivity index (χ0) is 24.5. The minimum absolute atomic E-state index is 0.0612. The zero-order valence-electron chi connectivity index (χ0n) is 18.7. The molecule has 1 atom stereocenters. The second-order valence-electron chi connectivity index (χ2n) is 7.71. The summed E-state index contributed by atoms with van der Waals surface area (Å²) in [7, 11) is 0. The highest BCUT2D eigenvalue weighted by Gasteiger charge is 2.26. The van der Waals surface area contributed by atoms with Gasteiger partial charge in [-0.05, 0) is 37.3 Å². The van der Waals surface area contributed by atoms with Gasteiger partial charge in [0.1, 0.15) is 35.4 Å². The van der Waals surface area contributed by atoms with Gasteiger partial charge in [0, 0.05) is 24.1 Å². The number of benzene rings is 1. The van der Waals surface area contributed by atoms with Crippen LogP contribution in [0.25, 0.3) is 33.6 Å². The number of nitrogens with one attached hydrogen (secondary N) is 1. The van der Waals surface area contributed by atoms with Crippen LogP contribution in [0, 0.1) is 24.1 Å². The molecule has 0 aliphatic rings. The number of nitrogens with two attached hydrogens (primary N) is 1. The molecule has 5 rings (SSSR count). The van der Waals surface area contributed by atoms with E-state index in [9.17, 15) is 9.65 Å². The highest BCUT2D eigenvalue weighted by atomic mass is 19.1. The van der Waals surface area contributed by atoms with Gasteiger partial charge in [0.2, 0.25) is 11.8 Å². The van der Waals surface area contributed by atoms with Gasteiger partial charge in [-0.2, -0.15) is 5.26 Å². The van der Waals surface area contributed by atoms with Crippen LogP contribution in [0.2, 0.25) is 0 Å². The van der Waals surface area contributed by atoms with Gasteiger partial charge < -0.3 is 15.5 Å². The molecule has 11 heteroatoms. The summed E-state index contributed by atoms with van der Waals surface area (Å²) in [5.41, 5.74) is 8.69. The molecule has 0 fully saturated rings. The molecule has 4 aromatic heterocycles. The van der Waals surface area contributed by atoms with Crippen molar-refractivity contribution in [1.82, 2.24) is 30.1 Å². The molecule has 0 spiro atoms. The van der Waals surface area contributed by atoms with Crippen molar-refractivity contribution in [2.24, 2.45) is 0 Å². The maximum Gasteiger partial charge on any atom is 0.249 e. The van der Waals surface area contributed by atoms with Crippen LogP contribution < -0.4 is 11.1 Å². The molecule has 10 nitrogen and oxygen atoms in total. The number of hydrogen-bond donors (Lipinski definition) is 2. The lowest BCUT2D eigenvalue weighted by molar-refractivity contribution is 0.533. The van der Waals surface area contributed by atoms with E-state index in [1.54, 1.807) is 25.3 Å². The standard InChI is InChI=1S/C24H18FN9O/c1-12(31-23-16(10-26)22(27)29-11-30-23)21-20(18-5-3-4-8-28-18)19(24-34-33-13(2)35-24)15-9-14(25)6-7-17(15)32-21/h3-9,11-12H,1-2H3,(H3,27,29,30,31). The van der Waals surface area contributed by atoms with E-state index in [0.29, 0.717) is 39.3 Å². The Hall–Kier alpha value is -4.98. The van der Waals surface area contributed by atoms with Crippen molar-refractivity contribution >= 4 is 22.5 Å². The molecular formula is C24H18FN9O. The Kier molecular flexibility index (Phi) is 5.46. The first kappa shape index (κ1) is 21.8. The molecule has 4 heterocycles. The molecule has 1 unspecified atom stereocenters. The molecule has 35 heavy (non-hydrogen) atoms. The fraction of sp³-hybridized carbons (Fsp3) is 0.125. The number of halogens is 1. The van der Waals surface area contributed by atoms with Crippen molar-refractivity contribution in [3.63, 3.8) is 0 Å². The predicted octanol–water partition coefficient (Wildman–Crippen LogP) is 4.21. The monoisotopic (exact) mass is 467 g/mol. The summed E-state index contributed by atoms with van der Waals surface area (Å²) in [4.78, 5) is 17.4. The maximum absolute atomic E-state index is 14.4. The van der Waals surface area contributed by atoms with Crippen molar-refractivity contribution < 1.29 is 8.81 Å². The van der Waals surface area contributed by atoms with E-state index < -0.39 is 11.9 Å². The number of rotatable bonds is 5. The number of aromatic nitrogens is 6. The van der Waals surface area contributed by atoms with E-state index in [2.05, 4.69) is 30.5 Å². The summed E-state index contributed by atoms with van der Waals surface area (Å²) in [5, 5.41) is 21.4. The summed E-state index contributed by atoms with van der Waals surface area (Å²) in [5.74, 6) is 0.453. The van der Waals surface area contributed by atoms with Crippen LogP contribution in [0.1, 0.15) is 30.1 Å². The van der Waals surface area contributed by atoms with Crippen LogP contribution in [0.15, 0.2) is 53.3 Å². The number of aryl methyl sites for hydroxylation is 1. The zero-order valence-corrected chi connectivity index (χ0v) is 18.7. The van der Waals surface area contributed by atoms with Crippen LogP contribution in [-0.2, 0) is 0 Å². The Labute approximate surface area is 198 Å². The van der Waals surface area contributed by atoms with Crippen molar-refractivity contribution in [3.05, 3.63) is 71.9 Å². The van der Waals surface area contributed by atoms with Crippen LogP contribution >= 0.6 is 0 Å². The van der Waals surface area contributed by atoms with E-state index in [1.807, 2.05) is 25.1 Å². The summed E-state index contributed by atoms with van der Waals surface area (Å²) >= 11 is 0. The molecule has 0 aliphatic carbocycles. The third-order valence-electron chi connectivity index (χ3n) is 5.39. The largest absolute Gasteiger partial charge is 0.421 e. The summed E-state index contributed by atoms with van der Waals surface area (Å²) in [6.07, 6.45) is 2.92. The average molecular weight is 467 g/mol. The van der Waals surface area contributed by atoms with Crippen molar-refractivity contribution in [3.8, 4) is 28.8 Å². The summed E-state index contributed by atoms with van der Waals surface area (Å²) in [6.45, 7) is 3.53. The number of nitrogen functional groups attached to an aromatic ring is 1. The van der Waals surface area contributed by atoms with E-state index in [1.165, 1.54) is 18.5 Å². The Morgan fingerprint density at radius 3 is 2.69 bits per heavy atom. The van der Waals surface area contributed by atoms with E-state index in [4.69, 9.17) is 15.1 Å². The van der Waals surface area contributed by atoms with Gasteiger partial charge >= 0.3 is 0 Å². The Bertz CT molecular complexity index is 1590. The van der Waals surface area contributed by atoms with Gasteiger partial charge in [-0.3, -0.25) is 4.98 Å². The normalized spacial score (nSPS) is 11.8. The van der Waals surface area contributed by atoms with E-state index >= 15 is 0 Å². The maximum atomic E-state index is 14.4. The van der Waals surface area contributed by atoms with Gasteiger partial charge in [-0.25, -0.2) is 19.3 Å². The van der Waals surface area contributed by atoms with Crippen molar-refractivity contribution in [2.75, 3.05) is 11.1 Å². The molecule has 0 amide bonds. The molecule has 0 saturated heterocycles. The predicted molar refractivity (Wildman–Crippen MR) is 126 cm³/mol. The topological polar surface area (TPSA) is 152 Å². The van der Waals surface area contributed by atoms with Crippen LogP contribution in [-0.4, -0.2) is 30.1 Å². The average Bonchev–Trinajstić information content (AvgIpc) is 3.29. The lowest BCUT2D eigenvalue weighted by Crippen LogP contribution is -2.14. The number of fused-ring (bicyclic) bond motifs is 1. The first-order chi connectivity index (χ1) is 17.0. The number of nitrogens with zero attached hydrogens (tertiary/aromatic N) is 7. The van der Waals surface area contributed by atoms with E-state index in [0.717, 1.165) is 0 Å². The van der Waals surface area contributed by atoms with E-state index in [-0.39, 0.29) is 23.1 Å². The van der Waals surface area contributed by atoms with Crippen LogP contribution in [0.5, 0.6) is 0 Å². The quantitative estimate of drug-likeness (QED) is 0.384. The fourth-order valence-electron chi connectivity index (χ4n) is 3.85. The van der Waals surface area contributed by atoms with Gasteiger partial charge in [-0.15, -0.1) is 10.2 Å². The molecule has 0 radical (unpaired) electrons. The Balaban J connectivity index is 1.80.